The summed E-state index contributed by atoms with van der Waals surface area (Å²) in [6, 6.07) is 24.5. The lowest BCUT2D eigenvalue weighted by atomic mass is 10.0. The van der Waals surface area contributed by atoms with Crippen LogP contribution in [0.25, 0.3) is 22.0 Å². The van der Waals surface area contributed by atoms with Gasteiger partial charge in [0.25, 0.3) is 5.91 Å². The van der Waals surface area contributed by atoms with E-state index in [0.717, 1.165) is 16.6 Å². The molecule has 5 aromatic rings. The molecule has 0 fully saturated rings. The third-order valence-electron chi connectivity index (χ3n) is 6.31. The van der Waals surface area contributed by atoms with Gasteiger partial charge in [0.2, 0.25) is 0 Å². The van der Waals surface area contributed by atoms with Gasteiger partial charge in [0.15, 0.2) is 0 Å². The van der Waals surface area contributed by atoms with Gasteiger partial charge in [0.1, 0.15) is 11.4 Å². The Labute approximate surface area is 251 Å². The molecule has 0 unspecified atom stereocenters. The average Bonchev–Trinajstić information content (AvgIpc) is 3.33. The van der Waals surface area contributed by atoms with Gasteiger partial charge in [-0.3, -0.25) is 4.79 Å². The van der Waals surface area contributed by atoms with Crippen LogP contribution >= 0.6 is 34.8 Å². The zero-order valence-electron chi connectivity index (χ0n) is 21.9. The second-order valence-electron chi connectivity index (χ2n) is 9.23. The number of hydrogen-bond acceptors (Lipinski definition) is 5. The summed E-state index contributed by atoms with van der Waals surface area (Å²) in [5, 5.41) is 6.07. The number of fused-ring (bicyclic) bond motifs is 1. The monoisotopic (exact) mass is 604 g/mol. The fourth-order valence-electron chi connectivity index (χ4n) is 4.28. The second-order valence-corrected chi connectivity index (χ2v) is 10.5. The smallest absolute Gasteiger partial charge is 0.345 e. The minimum absolute atomic E-state index is 0.166. The highest BCUT2D eigenvalue weighted by atomic mass is 35.5. The fraction of sp³-hybridized carbons (Fsp3) is 0.0645. The number of nitrogens with one attached hydrogen (secondary N) is 2. The lowest BCUT2D eigenvalue weighted by Gasteiger charge is -2.13. The molecule has 0 saturated heterocycles. The first-order valence-electron chi connectivity index (χ1n) is 12.4. The Morgan fingerprint density at radius 1 is 0.902 bits per heavy atom. The van der Waals surface area contributed by atoms with E-state index in [4.69, 9.17) is 39.5 Å². The van der Waals surface area contributed by atoms with Crippen molar-refractivity contribution in [1.82, 2.24) is 10.4 Å². The van der Waals surface area contributed by atoms with Gasteiger partial charge in [-0.15, -0.1) is 0 Å². The van der Waals surface area contributed by atoms with Gasteiger partial charge in [0, 0.05) is 57.4 Å². The quantitative estimate of drug-likeness (QED) is 0.0856. The Morgan fingerprint density at radius 2 is 1.66 bits per heavy atom. The van der Waals surface area contributed by atoms with E-state index in [-0.39, 0.29) is 16.3 Å². The van der Waals surface area contributed by atoms with Crippen molar-refractivity contribution in [1.29, 1.82) is 0 Å². The third kappa shape index (κ3) is 6.07. The minimum Gasteiger partial charge on any atom is -0.422 e. The van der Waals surface area contributed by atoms with E-state index in [1.54, 1.807) is 36.4 Å². The molecule has 41 heavy (non-hydrogen) atoms. The molecule has 1 heterocycles. The van der Waals surface area contributed by atoms with Crippen LogP contribution in [0.1, 0.15) is 26.4 Å². The number of nitrogens with zero attached hydrogens (tertiary/aromatic N) is 2. The number of H-pyrrole nitrogens is 1. The molecule has 10 heteroatoms. The van der Waals surface area contributed by atoms with Crippen molar-refractivity contribution < 1.29 is 14.3 Å². The first-order valence-corrected chi connectivity index (χ1v) is 13.5. The molecule has 0 aliphatic rings. The number of anilines is 1. The van der Waals surface area contributed by atoms with E-state index >= 15 is 0 Å². The number of para-hydroxylation sites is 1. The fourth-order valence-corrected chi connectivity index (χ4v) is 4.99. The number of aromatic amines is 1. The van der Waals surface area contributed by atoms with Crippen LogP contribution in [0.3, 0.4) is 0 Å². The SMILES string of the molecule is CN(C)c1ccc2[nH]c(C(=O)NN=Cc3ccccc3OC(=O)c3ccc(Cl)cc3Cl)c(-c3ccccc3Cl)c2c1. The maximum absolute atomic E-state index is 13.4. The number of hydrogen-bond donors (Lipinski definition) is 2. The normalized spacial score (nSPS) is 11.1. The molecule has 0 saturated carbocycles. The maximum Gasteiger partial charge on any atom is 0.345 e. The molecule has 2 N–H and O–H groups in total. The average molecular weight is 606 g/mol. The molecule has 0 atom stereocenters. The molecule has 0 spiro atoms. The largest absolute Gasteiger partial charge is 0.422 e. The molecule has 1 amide bonds. The number of carbonyl (C=O) groups excluding carboxylic acids is 2. The first kappa shape index (κ1) is 28.2. The second kappa shape index (κ2) is 12.1. The number of carbonyl (C=O) groups is 2. The van der Waals surface area contributed by atoms with E-state index in [2.05, 4.69) is 15.5 Å². The summed E-state index contributed by atoms with van der Waals surface area (Å²) in [5.41, 5.74) is 6.63. The van der Waals surface area contributed by atoms with Crippen LogP contribution < -0.4 is 15.1 Å². The zero-order valence-corrected chi connectivity index (χ0v) is 24.2. The van der Waals surface area contributed by atoms with Crippen LogP contribution in [0.5, 0.6) is 5.75 Å². The Balaban J connectivity index is 1.43. The van der Waals surface area contributed by atoms with Crippen molar-refractivity contribution in [2.45, 2.75) is 0 Å². The number of benzene rings is 4. The number of esters is 1. The highest BCUT2D eigenvalue weighted by Gasteiger charge is 2.21. The van der Waals surface area contributed by atoms with Gasteiger partial charge in [-0.25, -0.2) is 10.2 Å². The van der Waals surface area contributed by atoms with Crippen LogP contribution in [0.4, 0.5) is 5.69 Å². The summed E-state index contributed by atoms with van der Waals surface area (Å²) in [6.07, 6.45) is 1.39. The van der Waals surface area contributed by atoms with E-state index in [1.165, 1.54) is 18.3 Å². The van der Waals surface area contributed by atoms with Gasteiger partial charge in [0.05, 0.1) is 16.8 Å². The van der Waals surface area contributed by atoms with Gasteiger partial charge in [-0.1, -0.05) is 65.1 Å². The Morgan fingerprint density at radius 3 is 2.41 bits per heavy atom. The van der Waals surface area contributed by atoms with Crippen LogP contribution in [0, 0.1) is 0 Å². The summed E-state index contributed by atoms with van der Waals surface area (Å²) >= 11 is 18.6. The molecule has 0 aliphatic carbocycles. The van der Waals surface area contributed by atoms with Crippen molar-refractivity contribution in [2.75, 3.05) is 19.0 Å². The van der Waals surface area contributed by atoms with E-state index in [0.29, 0.717) is 32.4 Å². The zero-order chi connectivity index (χ0) is 29.1. The summed E-state index contributed by atoms with van der Waals surface area (Å²) in [5.74, 6) is -0.891. The number of aromatic nitrogens is 1. The van der Waals surface area contributed by atoms with Crippen LogP contribution in [0.15, 0.2) is 90.0 Å². The number of rotatable bonds is 7. The molecule has 5 rings (SSSR count). The van der Waals surface area contributed by atoms with Crippen molar-refractivity contribution >= 4 is 69.5 Å². The molecule has 0 aliphatic heterocycles. The summed E-state index contributed by atoms with van der Waals surface area (Å²) in [7, 11) is 3.90. The van der Waals surface area contributed by atoms with Crippen molar-refractivity contribution in [3.05, 3.63) is 117 Å². The van der Waals surface area contributed by atoms with Gasteiger partial charge in [-0.2, -0.15) is 5.10 Å². The standard InChI is InChI=1S/C31H23Cl3N4O3/c1-38(2)20-12-14-26-23(16-20)28(21-8-4-5-9-24(21)33)29(36-26)30(39)37-35-17-18-7-3-6-10-27(18)41-31(40)22-13-11-19(32)15-25(22)34/h3-17,36H,1-2H3,(H,37,39). The minimum atomic E-state index is -0.656. The first-order chi connectivity index (χ1) is 19.7. The van der Waals surface area contributed by atoms with E-state index < -0.39 is 11.9 Å². The van der Waals surface area contributed by atoms with Gasteiger partial charge >= 0.3 is 5.97 Å². The Kier molecular flexibility index (Phi) is 8.31. The number of hydrazone groups is 1. The highest BCUT2D eigenvalue weighted by Crippen LogP contribution is 2.38. The van der Waals surface area contributed by atoms with Crippen LogP contribution in [-0.4, -0.2) is 37.2 Å². The maximum atomic E-state index is 13.4. The van der Waals surface area contributed by atoms with Crippen molar-refractivity contribution in [3.8, 4) is 16.9 Å². The molecule has 0 radical (unpaired) electrons. The molecule has 4 aromatic carbocycles. The molecule has 1 aromatic heterocycles. The Bertz CT molecular complexity index is 1810. The molecule has 0 bridgehead atoms. The third-order valence-corrected chi connectivity index (χ3v) is 7.19. The number of ether oxygens (including phenoxy) is 1. The van der Waals surface area contributed by atoms with Gasteiger partial charge < -0.3 is 14.6 Å². The molecular formula is C31H23Cl3N4O3. The predicted octanol–water partition coefficient (Wildman–Crippen LogP) is 7.84. The summed E-state index contributed by atoms with van der Waals surface area (Å²) < 4.78 is 5.56. The predicted molar refractivity (Wildman–Crippen MR) is 166 cm³/mol. The van der Waals surface area contributed by atoms with Crippen LogP contribution in [0.2, 0.25) is 15.1 Å². The summed E-state index contributed by atoms with van der Waals surface area (Å²) in [6.45, 7) is 0. The number of halogens is 3. The highest BCUT2D eigenvalue weighted by molar-refractivity contribution is 6.36. The lowest BCUT2D eigenvalue weighted by molar-refractivity contribution is 0.0734. The molecular weight excluding hydrogens is 583 g/mol. The lowest BCUT2D eigenvalue weighted by Crippen LogP contribution is -2.19. The summed E-state index contributed by atoms with van der Waals surface area (Å²) in [4.78, 5) is 31.4. The van der Waals surface area contributed by atoms with E-state index in [9.17, 15) is 9.59 Å². The van der Waals surface area contributed by atoms with Crippen LogP contribution in [-0.2, 0) is 0 Å². The van der Waals surface area contributed by atoms with Gasteiger partial charge in [-0.05, 0) is 54.6 Å². The Hall–Kier alpha value is -4.30. The van der Waals surface area contributed by atoms with E-state index in [1.807, 2.05) is 55.4 Å². The molecule has 206 valence electrons. The topological polar surface area (TPSA) is 86.8 Å². The van der Waals surface area contributed by atoms with Crippen molar-refractivity contribution in [3.63, 3.8) is 0 Å². The van der Waals surface area contributed by atoms with Crippen molar-refractivity contribution in [2.24, 2.45) is 5.10 Å². The number of amides is 1. The molecule has 7 nitrogen and oxygen atoms in total.